The van der Waals surface area contributed by atoms with Gasteiger partial charge in [0.2, 0.25) is 0 Å². The molecule has 0 fully saturated rings. The number of carbonyl (C=O) groups is 1. The third-order valence-electron chi connectivity index (χ3n) is 7.39. The molecule has 2 atom stereocenters. The highest BCUT2D eigenvalue weighted by Crippen LogP contribution is 2.29. The lowest BCUT2D eigenvalue weighted by molar-refractivity contribution is -0.870. The SMILES string of the molecule is CCCCCCCC/C=C\CCCCCCCC(=O)OC[C@@H](COCCCCC)OCCCCC.C[N+](C)(C)CCOP(=O)([O-])O. The number of nitrogens with zero attached hydrogens (tertiary/aromatic N) is 1. The van der Waals surface area contributed by atoms with Gasteiger partial charge in [0.1, 0.15) is 25.9 Å². The van der Waals surface area contributed by atoms with Crippen LogP contribution in [0.3, 0.4) is 0 Å². The predicted octanol–water partition coefficient (Wildman–Crippen LogP) is 8.52. The van der Waals surface area contributed by atoms with Crippen molar-refractivity contribution in [2.45, 2.75) is 155 Å². The molecular weight excluding hydrogens is 605 g/mol. The lowest BCUT2D eigenvalue weighted by Gasteiger charge is -2.25. The molecule has 1 N–H and O–H groups in total. The van der Waals surface area contributed by atoms with Gasteiger partial charge in [-0.15, -0.1) is 0 Å². The number of hydrogen-bond acceptors (Lipinski definition) is 7. The maximum Gasteiger partial charge on any atom is 0.305 e. The summed E-state index contributed by atoms with van der Waals surface area (Å²) in [7, 11) is 1.19. The van der Waals surface area contributed by atoms with Gasteiger partial charge in [-0.3, -0.25) is 9.36 Å². The summed E-state index contributed by atoms with van der Waals surface area (Å²) in [6, 6.07) is 0. The predicted molar refractivity (Wildman–Crippen MR) is 189 cm³/mol. The van der Waals surface area contributed by atoms with Gasteiger partial charge in [-0.1, -0.05) is 110 Å². The maximum absolute atomic E-state index is 12.1. The molecule has 1 unspecified atom stereocenters. The molecule has 0 amide bonds. The Labute approximate surface area is 284 Å². The first-order valence-corrected chi connectivity index (χ1v) is 19.9. The number of hydrogen-bond donors (Lipinski definition) is 1. The fourth-order valence-corrected chi connectivity index (χ4v) is 4.76. The first-order valence-electron chi connectivity index (χ1n) is 18.4. The van der Waals surface area contributed by atoms with E-state index in [0.717, 1.165) is 32.3 Å². The van der Waals surface area contributed by atoms with Crippen molar-refractivity contribution in [3.8, 4) is 0 Å². The van der Waals surface area contributed by atoms with Crippen LogP contribution < -0.4 is 4.89 Å². The van der Waals surface area contributed by atoms with Gasteiger partial charge in [0.25, 0.3) is 7.82 Å². The molecule has 0 heterocycles. The second-order valence-corrected chi connectivity index (χ2v) is 14.5. The highest BCUT2D eigenvalue weighted by Gasteiger charge is 2.13. The zero-order valence-electron chi connectivity index (χ0n) is 30.8. The molecule has 46 heavy (non-hydrogen) atoms. The summed E-state index contributed by atoms with van der Waals surface area (Å²) in [6.07, 6.45) is 28.3. The Bertz CT molecular complexity index is 723. The summed E-state index contributed by atoms with van der Waals surface area (Å²) >= 11 is 0. The van der Waals surface area contributed by atoms with Crippen LogP contribution in [-0.2, 0) is 28.1 Å². The minimum Gasteiger partial charge on any atom is -0.756 e. The lowest BCUT2D eigenvalue weighted by Crippen LogP contribution is -2.37. The molecule has 0 aliphatic rings. The van der Waals surface area contributed by atoms with E-state index in [9.17, 15) is 14.3 Å². The van der Waals surface area contributed by atoms with Crippen LogP contribution in [0.25, 0.3) is 0 Å². The second-order valence-electron chi connectivity index (χ2n) is 13.3. The number of unbranched alkanes of at least 4 members (excludes halogenated alkanes) is 15. The van der Waals surface area contributed by atoms with E-state index in [1.165, 1.54) is 96.3 Å². The van der Waals surface area contributed by atoms with Crippen LogP contribution in [0.2, 0.25) is 0 Å². The topological polar surface area (TPSA) is 114 Å². The molecule has 0 aromatic carbocycles. The Kier molecular flexibility index (Phi) is 35.1. The van der Waals surface area contributed by atoms with Gasteiger partial charge in [-0.05, 0) is 44.9 Å². The quantitative estimate of drug-likeness (QED) is 0.0247. The average Bonchev–Trinajstić information content (AvgIpc) is 2.98. The van der Waals surface area contributed by atoms with Crippen LogP contribution in [0.1, 0.15) is 149 Å². The van der Waals surface area contributed by atoms with Crippen LogP contribution in [0.4, 0.5) is 0 Å². The largest absolute Gasteiger partial charge is 0.756 e. The molecule has 0 rings (SSSR count). The Hall–Kier alpha value is -0.800. The fraction of sp³-hybridized carbons (Fsp3) is 0.917. The summed E-state index contributed by atoms with van der Waals surface area (Å²) in [5.41, 5.74) is 0. The van der Waals surface area contributed by atoms with Crippen molar-refractivity contribution in [1.29, 1.82) is 0 Å². The molecule has 0 aromatic heterocycles. The van der Waals surface area contributed by atoms with E-state index in [1.54, 1.807) is 0 Å². The molecule has 0 aromatic rings. The van der Waals surface area contributed by atoms with Gasteiger partial charge in [0, 0.05) is 19.6 Å². The van der Waals surface area contributed by atoms with Crippen molar-refractivity contribution in [2.75, 3.05) is 60.7 Å². The molecule has 0 aliphatic carbocycles. The van der Waals surface area contributed by atoms with Gasteiger partial charge in [0.05, 0.1) is 27.7 Å². The zero-order valence-corrected chi connectivity index (χ0v) is 31.7. The fourth-order valence-electron chi connectivity index (χ4n) is 4.44. The third kappa shape index (κ3) is 43.2. The molecular formula is C36H74NO8P. The summed E-state index contributed by atoms with van der Waals surface area (Å²) in [6.45, 7) is 9.48. The maximum atomic E-state index is 12.1. The van der Waals surface area contributed by atoms with E-state index in [1.807, 2.05) is 21.1 Å². The Morgan fingerprint density at radius 1 is 0.717 bits per heavy atom. The Morgan fingerprint density at radius 2 is 1.22 bits per heavy atom. The number of rotatable bonds is 32. The van der Waals surface area contributed by atoms with Crippen LogP contribution >= 0.6 is 7.82 Å². The van der Waals surface area contributed by atoms with Crippen LogP contribution in [0.15, 0.2) is 12.2 Å². The molecule has 0 saturated heterocycles. The van der Waals surface area contributed by atoms with Gasteiger partial charge in [-0.2, -0.15) is 0 Å². The molecule has 0 radical (unpaired) electrons. The molecule has 0 saturated carbocycles. The summed E-state index contributed by atoms with van der Waals surface area (Å²) in [5.74, 6) is -0.101. The van der Waals surface area contributed by atoms with Crippen LogP contribution in [0, 0.1) is 0 Å². The highest BCUT2D eigenvalue weighted by molar-refractivity contribution is 7.44. The van der Waals surface area contributed by atoms with E-state index >= 15 is 0 Å². The van der Waals surface area contributed by atoms with E-state index in [-0.39, 0.29) is 18.7 Å². The Morgan fingerprint density at radius 3 is 1.76 bits per heavy atom. The average molecular weight is 680 g/mol. The van der Waals surface area contributed by atoms with Crippen LogP contribution in [0.5, 0.6) is 0 Å². The number of allylic oxidation sites excluding steroid dienone is 2. The van der Waals surface area contributed by atoms with Gasteiger partial charge < -0.3 is 33.0 Å². The number of esters is 1. The smallest absolute Gasteiger partial charge is 0.305 e. The first-order chi connectivity index (χ1) is 21.9. The lowest BCUT2D eigenvalue weighted by atomic mass is 10.1. The van der Waals surface area contributed by atoms with E-state index in [2.05, 4.69) is 37.4 Å². The van der Waals surface area contributed by atoms with Crippen molar-refractivity contribution in [3.63, 3.8) is 0 Å². The molecule has 9 nitrogen and oxygen atoms in total. The molecule has 0 spiro atoms. The Balaban J connectivity index is 0. The molecule has 276 valence electrons. The van der Waals surface area contributed by atoms with E-state index < -0.39 is 7.82 Å². The minimum atomic E-state index is -4.51. The molecule has 0 aliphatic heterocycles. The zero-order chi connectivity index (χ0) is 34.8. The molecule has 10 heteroatoms. The van der Waals surface area contributed by atoms with Crippen molar-refractivity contribution in [3.05, 3.63) is 12.2 Å². The number of ether oxygens (including phenoxy) is 3. The highest BCUT2D eigenvalue weighted by atomic mass is 31.2. The normalized spacial score (nSPS) is 13.7. The standard InChI is InChI=1S/C31H60O4.C5H14NO4P/c1-4-7-10-11-12-13-14-15-16-17-18-19-20-21-22-25-31(32)35-29-30(34-27-24-9-6-3)28-33-26-23-8-5-2;1-6(2,3)4-5-10-11(7,8)9/h15-16,30H,4-14,17-29H2,1-3H3;4-5H2,1-3H3,(H-,7,8,9)/b16-15-;/t30-;/m1./s1. The molecule has 0 bridgehead atoms. The summed E-state index contributed by atoms with van der Waals surface area (Å²) in [4.78, 5) is 30.4. The number of quaternary nitrogens is 1. The second kappa shape index (κ2) is 34.1. The van der Waals surface area contributed by atoms with Gasteiger partial charge in [-0.25, -0.2) is 0 Å². The summed E-state index contributed by atoms with van der Waals surface area (Å²) < 4.78 is 32.0. The van der Waals surface area contributed by atoms with E-state index in [4.69, 9.17) is 19.1 Å². The number of carbonyl (C=O) groups excluding carboxylic acids is 1. The number of phosphoric acid groups is 1. The van der Waals surface area contributed by atoms with Gasteiger partial charge in [0.15, 0.2) is 0 Å². The first kappa shape index (κ1) is 47.3. The van der Waals surface area contributed by atoms with E-state index in [0.29, 0.717) is 37.3 Å². The summed E-state index contributed by atoms with van der Waals surface area (Å²) in [5, 5.41) is 0. The van der Waals surface area contributed by atoms with Crippen molar-refractivity contribution in [1.82, 2.24) is 0 Å². The van der Waals surface area contributed by atoms with Gasteiger partial charge >= 0.3 is 5.97 Å². The van der Waals surface area contributed by atoms with Crippen LogP contribution in [-0.4, -0.2) is 82.2 Å². The minimum absolute atomic E-state index is 0.0147. The number of phosphoric ester groups is 1. The van der Waals surface area contributed by atoms with Crippen molar-refractivity contribution < 1.29 is 42.4 Å². The van der Waals surface area contributed by atoms with Crippen molar-refractivity contribution in [2.24, 2.45) is 0 Å². The third-order valence-corrected chi connectivity index (χ3v) is 7.90. The monoisotopic (exact) mass is 680 g/mol. The number of likely N-dealkylation sites (N-methyl/N-ethyl adjacent to an activating group) is 1. The van der Waals surface area contributed by atoms with Crippen molar-refractivity contribution >= 4 is 13.8 Å².